The van der Waals surface area contributed by atoms with Crippen LogP contribution < -0.4 is 4.72 Å². The first-order chi connectivity index (χ1) is 11.3. The van der Waals surface area contributed by atoms with Gasteiger partial charge in [0.2, 0.25) is 10.0 Å². The number of rotatable bonds is 7. The Kier molecular flexibility index (Phi) is 5.69. The molecule has 0 spiro atoms. The topological polar surface area (TPSA) is 89.3 Å². The van der Waals surface area contributed by atoms with E-state index in [-0.39, 0.29) is 17.1 Å². The Labute approximate surface area is 141 Å². The molecule has 0 aliphatic carbocycles. The number of hydrogen-bond donors (Lipinski definition) is 1. The van der Waals surface area contributed by atoms with Crippen LogP contribution in [0.3, 0.4) is 0 Å². The van der Waals surface area contributed by atoms with Crippen LogP contribution >= 0.6 is 0 Å². The average Bonchev–Trinajstić information content (AvgIpc) is 2.51. The molecule has 0 aliphatic rings. The van der Waals surface area contributed by atoms with Gasteiger partial charge in [-0.1, -0.05) is 35.9 Å². The van der Waals surface area contributed by atoms with Crippen molar-refractivity contribution < 1.29 is 13.3 Å². The minimum absolute atomic E-state index is 0.0876. The van der Waals surface area contributed by atoms with Crippen LogP contribution in [0.25, 0.3) is 0 Å². The Morgan fingerprint density at radius 2 is 1.88 bits per heavy atom. The fourth-order valence-corrected chi connectivity index (χ4v) is 3.50. The molecular weight excluding hydrogens is 328 g/mol. The summed E-state index contributed by atoms with van der Waals surface area (Å²) in [5.74, 6) is 0. The molecule has 0 aliphatic heterocycles. The fraction of sp³-hybridized carbons (Fsp3) is 0.294. The van der Waals surface area contributed by atoms with Gasteiger partial charge in [-0.25, -0.2) is 13.1 Å². The first-order valence-electron chi connectivity index (χ1n) is 7.60. The van der Waals surface area contributed by atoms with Gasteiger partial charge < -0.3 is 0 Å². The molecular formula is C17H20N2O4S. The molecule has 7 heteroatoms. The molecule has 2 rings (SSSR count). The van der Waals surface area contributed by atoms with Crippen molar-refractivity contribution in [3.05, 3.63) is 69.3 Å². The summed E-state index contributed by atoms with van der Waals surface area (Å²) in [5.41, 5.74) is 2.55. The number of benzene rings is 2. The number of nitrogens with zero attached hydrogens (tertiary/aromatic N) is 1. The van der Waals surface area contributed by atoms with E-state index in [1.54, 1.807) is 6.92 Å². The maximum atomic E-state index is 12.3. The van der Waals surface area contributed by atoms with Gasteiger partial charge in [-0.2, -0.15) is 0 Å². The van der Waals surface area contributed by atoms with E-state index in [4.69, 9.17) is 0 Å². The van der Waals surface area contributed by atoms with Crippen molar-refractivity contribution in [3.63, 3.8) is 0 Å². The SMILES string of the molecule is Cc1cccc(CCCNS(=O)(=O)c2ccc(C)c([N+](=O)[O-])c2)c1. The third-order valence-electron chi connectivity index (χ3n) is 3.70. The number of nitro benzene ring substituents is 1. The molecule has 0 aromatic heterocycles. The lowest BCUT2D eigenvalue weighted by molar-refractivity contribution is -0.385. The van der Waals surface area contributed by atoms with E-state index in [2.05, 4.69) is 10.8 Å². The van der Waals surface area contributed by atoms with Crippen molar-refractivity contribution in [2.24, 2.45) is 0 Å². The molecule has 0 atom stereocenters. The second-order valence-electron chi connectivity index (χ2n) is 5.70. The van der Waals surface area contributed by atoms with E-state index in [1.807, 2.05) is 25.1 Å². The fourth-order valence-electron chi connectivity index (χ4n) is 2.40. The van der Waals surface area contributed by atoms with Gasteiger partial charge in [0.25, 0.3) is 5.69 Å². The smallest absolute Gasteiger partial charge is 0.258 e. The van der Waals surface area contributed by atoms with Crippen molar-refractivity contribution in [3.8, 4) is 0 Å². The standard InChI is InChI=1S/C17H20N2O4S/c1-13-5-3-6-15(11-13)7-4-10-18-24(22,23)16-9-8-14(2)17(12-16)19(20)21/h3,5-6,8-9,11-12,18H,4,7,10H2,1-2H3. The van der Waals surface area contributed by atoms with E-state index in [0.717, 1.165) is 18.1 Å². The molecule has 2 aromatic rings. The Hall–Kier alpha value is -2.25. The maximum Gasteiger partial charge on any atom is 0.273 e. The predicted molar refractivity (Wildman–Crippen MR) is 92.5 cm³/mol. The Morgan fingerprint density at radius 1 is 1.12 bits per heavy atom. The zero-order valence-electron chi connectivity index (χ0n) is 13.7. The molecule has 0 radical (unpaired) electrons. The summed E-state index contributed by atoms with van der Waals surface area (Å²) in [7, 11) is -3.75. The second-order valence-corrected chi connectivity index (χ2v) is 7.46. The van der Waals surface area contributed by atoms with Gasteiger partial charge in [-0.15, -0.1) is 0 Å². The highest BCUT2D eigenvalue weighted by molar-refractivity contribution is 7.89. The zero-order chi connectivity index (χ0) is 17.7. The minimum Gasteiger partial charge on any atom is -0.258 e. The average molecular weight is 348 g/mol. The predicted octanol–water partition coefficient (Wildman–Crippen LogP) is 3.12. The molecule has 2 aromatic carbocycles. The van der Waals surface area contributed by atoms with Crippen molar-refractivity contribution in [2.75, 3.05) is 6.54 Å². The monoisotopic (exact) mass is 348 g/mol. The number of aryl methyl sites for hydroxylation is 3. The van der Waals surface area contributed by atoms with Crippen LogP contribution in [0, 0.1) is 24.0 Å². The van der Waals surface area contributed by atoms with Crippen LogP contribution in [0.15, 0.2) is 47.4 Å². The first-order valence-corrected chi connectivity index (χ1v) is 9.08. The van der Waals surface area contributed by atoms with Gasteiger partial charge in [0.1, 0.15) is 0 Å². The molecule has 24 heavy (non-hydrogen) atoms. The highest BCUT2D eigenvalue weighted by Gasteiger charge is 2.19. The number of sulfonamides is 1. The van der Waals surface area contributed by atoms with E-state index in [0.29, 0.717) is 12.0 Å². The van der Waals surface area contributed by atoms with Crippen LogP contribution in [-0.4, -0.2) is 19.9 Å². The third-order valence-corrected chi connectivity index (χ3v) is 5.16. The van der Waals surface area contributed by atoms with E-state index < -0.39 is 14.9 Å². The summed E-state index contributed by atoms with van der Waals surface area (Å²) < 4.78 is 27.0. The van der Waals surface area contributed by atoms with Crippen molar-refractivity contribution in [1.29, 1.82) is 0 Å². The summed E-state index contributed by atoms with van der Waals surface area (Å²) in [6, 6.07) is 12.0. The Bertz CT molecular complexity index is 847. The van der Waals surface area contributed by atoms with Crippen LogP contribution in [0.4, 0.5) is 5.69 Å². The molecule has 0 fully saturated rings. The largest absolute Gasteiger partial charge is 0.273 e. The lowest BCUT2D eigenvalue weighted by Crippen LogP contribution is -2.25. The van der Waals surface area contributed by atoms with Crippen LogP contribution in [0.2, 0.25) is 0 Å². The number of nitrogens with one attached hydrogen (secondary N) is 1. The summed E-state index contributed by atoms with van der Waals surface area (Å²) in [6.45, 7) is 3.86. The van der Waals surface area contributed by atoms with Gasteiger partial charge in [-0.3, -0.25) is 10.1 Å². The summed E-state index contributed by atoms with van der Waals surface area (Å²) in [5, 5.41) is 10.9. The van der Waals surface area contributed by atoms with Gasteiger partial charge in [-0.05, 0) is 38.3 Å². The molecule has 6 nitrogen and oxygen atoms in total. The third kappa shape index (κ3) is 4.62. The summed E-state index contributed by atoms with van der Waals surface area (Å²) in [4.78, 5) is 10.3. The van der Waals surface area contributed by atoms with Crippen molar-refractivity contribution >= 4 is 15.7 Å². The van der Waals surface area contributed by atoms with Gasteiger partial charge in [0, 0.05) is 18.2 Å². The van der Waals surface area contributed by atoms with Gasteiger partial charge in [0.15, 0.2) is 0 Å². The number of hydrogen-bond acceptors (Lipinski definition) is 4. The molecule has 0 heterocycles. The molecule has 0 amide bonds. The Balaban J connectivity index is 1.99. The minimum atomic E-state index is -3.75. The highest BCUT2D eigenvalue weighted by Crippen LogP contribution is 2.22. The van der Waals surface area contributed by atoms with Crippen LogP contribution in [0.5, 0.6) is 0 Å². The van der Waals surface area contributed by atoms with E-state index >= 15 is 0 Å². The Morgan fingerprint density at radius 3 is 2.54 bits per heavy atom. The van der Waals surface area contributed by atoms with Gasteiger partial charge in [0.05, 0.1) is 9.82 Å². The first kappa shape index (κ1) is 18.1. The normalized spacial score (nSPS) is 11.4. The molecule has 0 bridgehead atoms. The van der Waals surface area contributed by atoms with E-state index in [9.17, 15) is 18.5 Å². The maximum absolute atomic E-state index is 12.3. The zero-order valence-corrected chi connectivity index (χ0v) is 14.5. The van der Waals surface area contributed by atoms with Crippen LogP contribution in [-0.2, 0) is 16.4 Å². The van der Waals surface area contributed by atoms with E-state index in [1.165, 1.54) is 17.7 Å². The molecule has 0 saturated heterocycles. The van der Waals surface area contributed by atoms with Gasteiger partial charge >= 0.3 is 0 Å². The second kappa shape index (κ2) is 7.55. The molecule has 128 valence electrons. The summed E-state index contributed by atoms with van der Waals surface area (Å²) in [6.07, 6.45) is 1.41. The lowest BCUT2D eigenvalue weighted by atomic mass is 10.1. The quantitative estimate of drug-likeness (QED) is 0.473. The number of nitro groups is 1. The van der Waals surface area contributed by atoms with Crippen LogP contribution in [0.1, 0.15) is 23.1 Å². The lowest BCUT2D eigenvalue weighted by Gasteiger charge is -2.08. The summed E-state index contributed by atoms with van der Waals surface area (Å²) >= 11 is 0. The molecule has 0 saturated carbocycles. The molecule has 0 unspecified atom stereocenters. The molecule has 1 N–H and O–H groups in total. The van der Waals surface area contributed by atoms with Crippen molar-refractivity contribution in [2.45, 2.75) is 31.6 Å². The highest BCUT2D eigenvalue weighted by atomic mass is 32.2. The van der Waals surface area contributed by atoms with Crippen molar-refractivity contribution in [1.82, 2.24) is 4.72 Å².